The van der Waals surface area contributed by atoms with Crippen molar-refractivity contribution >= 4 is 28.4 Å². The maximum absolute atomic E-state index is 13.4. The average molecular weight is 480 g/mol. The summed E-state index contributed by atoms with van der Waals surface area (Å²) in [5.41, 5.74) is -0.0338. The number of nitrogens with one attached hydrogen (secondary N) is 1. The molecule has 1 N–H and O–H groups in total. The molecule has 2 heterocycles. The van der Waals surface area contributed by atoms with Crippen LogP contribution in [0.15, 0.2) is 83.7 Å². The largest absolute Gasteiger partial charge is 0.418 e. The second-order valence-corrected chi connectivity index (χ2v) is 7.79. The van der Waals surface area contributed by atoms with Crippen molar-refractivity contribution in [1.29, 1.82) is 0 Å². The molecule has 0 radical (unpaired) electrons. The van der Waals surface area contributed by atoms with Crippen molar-refractivity contribution in [1.82, 2.24) is 14.0 Å². The number of carbonyl (C=O) groups excluding carboxylic acids is 1. The van der Waals surface area contributed by atoms with Crippen LogP contribution in [-0.2, 0) is 17.5 Å². The molecule has 5 rings (SSSR count). The van der Waals surface area contributed by atoms with Crippen molar-refractivity contribution < 1.29 is 22.4 Å². The summed E-state index contributed by atoms with van der Waals surface area (Å²) >= 11 is 0. The minimum absolute atomic E-state index is 0.122. The monoisotopic (exact) mass is 480 g/mol. The van der Waals surface area contributed by atoms with Crippen molar-refractivity contribution in [2.75, 3.05) is 5.32 Å². The van der Waals surface area contributed by atoms with Crippen LogP contribution in [0.5, 0.6) is 0 Å². The molecule has 10 heteroatoms. The molecule has 0 spiro atoms. The van der Waals surface area contributed by atoms with Crippen molar-refractivity contribution in [2.45, 2.75) is 12.7 Å². The fourth-order valence-corrected chi connectivity index (χ4v) is 3.96. The van der Waals surface area contributed by atoms with Gasteiger partial charge in [-0.15, -0.1) is 0 Å². The third-order valence-electron chi connectivity index (χ3n) is 5.50. The Kier molecular flexibility index (Phi) is 5.35. The first-order valence-electron chi connectivity index (χ1n) is 10.5. The first-order chi connectivity index (χ1) is 16.7. The normalized spacial score (nSPS) is 11.8. The van der Waals surface area contributed by atoms with Crippen LogP contribution in [0.25, 0.3) is 28.1 Å². The van der Waals surface area contributed by atoms with Gasteiger partial charge in [-0.1, -0.05) is 24.3 Å². The number of hydrogen-bond donors (Lipinski definition) is 1. The number of anilines is 1. The van der Waals surface area contributed by atoms with E-state index in [9.17, 15) is 27.2 Å². The van der Waals surface area contributed by atoms with E-state index >= 15 is 0 Å². The van der Waals surface area contributed by atoms with Gasteiger partial charge in [0.15, 0.2) is 0 Å². The third kappa shape index (κ3) is 4.14. The van der Waals surface area contributed by atoms with E-state index in [1.165, 1.54) is 57.5 Å². The highest BCUT2D eigenvalue weighted by Crippen LogP contribution is 2.34. The molecule has 5 aromatic rings. The number of benzene rings is 3. The van der Waals surface area contributed by atoms with Crippen LogP contribution in [-0.4, -0.2) is 19.9 Å². The average Bonchev–Trinajstić information content (AvgIpc) is 3.13. The van der Waals surface area contributed by atoms with Gasteiger partial charge >= 0.3 is 6.18 Å². The summed E-state index contributed by atoms with van der Waals surface area (Å²) in [7, 11) is 0. The molecule has 0 aliphatic rings. The van der Waals surface area contributed by atoms with Crippen LogP contribution in [0.3, 0.4) is 0 Å². The van der Waals surface area contributed by atoms with Crippen LogP contribution in [0.1, 0.15) is 5.56 Å². The molecule has 2 aromatic heterocycles. The van der Waals surface area contributed by atoms with Crippen LogP contribution in [0, 0.1) is 5.82 Å². The summed E-state index contributed by atoms with van der Waals surface area (Å²) in [4.78, 5) is 30.4. The van der Waals surface area contributed by atoms with E-state index in [1.807, 2.05) is 0 Å². The van der Waals surface area contributed by atoms with Crippen molar-refractivity contribution in [3.05, 3.63) is 101 Å². The number of nitrogens with zero attached hydrogens (tertiary/aromatic N) is 3. The Morgan fingerprint density at radius 3 is 2.29 bits per heavy atom. The van der Waals surface area contributed by atoms with Gasteiger partial charge in [0.05, 0.1) is 28.0 Å². The van der Waals surface area contributed by atoms with Crippen molar-refractivity contribution in [2.24, 2.45) is 0 Å². The summed E-state index contributed by atoms with van der Waals surface area (Å²) < 4.78 is 56.1. The summed E-state index contributed by atoms with van der Waals surface area (Å²) in [5, 5.41) is 2.32. The van der Waals surface area contributed by atoms with Crippen LogP contribution < -0.4 is 10.9 Å². The fourth-order valence-electron chi connectivity index (χ4n) is 3.96. The number of aromatic nitrogens is 3. The van der Waals surface area contributed by atoms with Gasteiger partial charge in [-0.3, -0.25) is 9.59 Å². The maximum atomic E-state index is 13.4. The second-order valence-electron chi connectivity index (χ2n) is 7.79. The zero-order valence-corrected chi connectivity index (χ0v) is 17.9. The lowest BCUT2D eigenvalue weighted by Gasteiger charge is -2.14. The molecular weight excluding hydrogens is 464 g/mol. The number of amides is 1. The third-order valence-corrected chi connectivity index (χ3v) is 5.50. The van der Waals surface area contributed by atoms with Gasteiger partial charge in [-0.05, 0) is 48.5 Å². The van der Waals surface area contributed by atoms with E-state index in [1.54, 1.807) is 24.3 Å². The Balaban J connectivity index is 1.61. The topological polar surface area (TPSA) is 68.4 Å². The minimum atomic E-state index is -4.64. The van der Waals surface area contributed by atoms with Gasteiger partial charge in [-0.2, -0.15) is 13.2 Å². The summed E-state index contributed by atoms with van der Waals surface area (Å²) in [6.07, 6.45) is -4.64. The molecule has 0 fully saturated rings. The Hall–Kier alpha value is -4.47. The first-order valence-corrected chi connectivity index (χ1v) is 10.5. The Morgan fingerprint density at radius 1 is 0.914 bits per heavy atom. The SMILES string of the molecule is O=C(Cn1c2ccccc2n2c(=O)cc(-c3ccc(F)cc3)nc12)Nc1ccccc1C(F)(F)F. The molecule has 1 amide bonds. The van der Waals surface area contributed by atoms with E-state index in [2.05, 4.69) is 10.3 Å². The number of halogens is 4. The van der Waals surface area contributed by atoms with E-state index in [0.29, 0.717) is 16.6 Å². The highest BCUT2D eigenvalue weighted by Gasteiger charge is 2.33. The van der Waals surface area contributed by atoms with Gasteiger partial charge in [-0.25, -0.2) is 13.8 Å². The van der Waals surface area contributed by atoms with Gasteiger partial charge in [0.25, 0.3) is 5.56 Å². The zero-order chi connectivity index (χ0) is 24.7. The zero-order valence-electron chi connectivity index (χ0n) is 17.9. The lowest BCUT2D eigenvalue weighted by Crippen LogP contribution is -2.22. The molecule has 0 aliphatic carbocycles. The van der Waals surface area contributed by atoms with Gasteiger partial charge in [0.1, 0.15) is 12.4 Å². The Morgan fingerprint density at radius 2 is 1.57 bits per heavy atom. The summed E-state index contributed by atoms with van der Waals surface area (Å²) in [6.45, 7) is -0.400. The van der Waals surface area contributed by atoms with E-state index in [4.69, 9.17) is 0 Å². The number of alkyl halides is 3. The molecule has 35 heavy (non-hydrogen) atoms. The van der Waals surface area contributed by atoms with Crippen LogP contribution in [0.4, 0.5) is 23.2 Å². The standard InChI is InChI=1S/C25H16F4N4O2/c26-16-11-9-15(10-12-16)19-13-23(35)33-21-8-4-3-7-20(21)32(24(33)31-19)14-22(34)30-18-6-2-1-5-17(18)25(27,28)29/h1-13H,14H2,(H,30,34). The Labute approximate surface area is 195 Å². The van der Waals surface area contributed by atoms with E-state index in [-0.39, 0.29) is 17.2 Å². The lowest BCUT2D eigenvalue weighted by atomic mass is 10.1. The van der Waals surface area contributed by atoms with Gasteiger partial charge in [0, 0.05) is 11.6 Å². The van der Waals surface area contributed by atoms with Crippen LogP contribution >= 0.6 is 0 Å². The molecule has 176 valence electrons. The van der Waals surface area contributed by atoms with E-state index in [0.717, 1.165) is 6.07 Å². The first kappa shape index (κ1) is 22.3. The minimum Gasteiger partial charge on any atom is -0.324 e. The number of hydrogen-bond acceptors (Lipinski definition) is 3. The number of rotatable bonds is 4. The highest BCUT2D eigenvalue weighted by atomic mass is 19.4. The highest BCUT2D eigenvalue weighted by molar-refractivity contribution is 5.93. The number of para-hydroxylation sites is 3. The molecule has 0 unspecified atom stereocenters. The molecule has 0 aliphatic heterocycles. The molecule has 3 aromatic carbocycles. The number of imidazole rings is 1. The molecular formula is C25H16F4N4O2. The number of fused-ring (bicyclic) bond motifs is 3. The molecule has 0 atom stereocenters. The van der Waals surface area contributed by atoms with Gasteiger partial charge < -0.3 is 9.88 Å². The predicted molar refractivity (Wildman–Crippen MR) is 122 cm³/mol. The quantitative estimate of drug-likeness (QED) is 0.364. The summed E-state index contributed by atoms with van der Waals surface area (Å²) in [5.74, 6) is -1.06. The van der Waals surface area contributed by atoms with Crippen molar-refractivity contribution in [3.8, 4) is 11.3 Å². The van der Waals surface area contributed by atoms with Gasteiger partial charge in [0.2, 0.25) is 11.7 Å². The van der Waals surface area contributed by atoms with Crippen molar-refractivity contribution in [3.63, 3.8) is 0 Å². The maximum Gasteiger partial charge on any atom is 0.418 e. The smallest absolute Gasteiger partial charge is 0.324 e. The summed E-state index contributed by atoms with van der Waals surface area (Å²) in [6, 6.07) is 18.2. The predicted octanol–water partition coefficient (Wildman–Crippen LogP) is 5.11. The fraction of sp³-hybridized carbons (Fsp3) is 0.0800. The molecule has 0 saturated carbocycles. The second kappa shape index (κ2) is 8.39. The molecule has 0 saturated heterocycles. The lowest BCUT2D eigenvalue weighted by molar-refractivity contribution is -0.137. The Bertz CT molecular complexity index is 1640. The van der Waals surface area contributed by atoms with E-state index < -0.39 is 35.6 Å². The van der Waals surface area contributed by atoms with Crippen LogP contribution in [0.2, 0.25) is 0 Å². The molecule has 6 nitrogen and oxygen atoms in total. The molecule has 0 bridgehead atoms. The number of carbonyl (C=O) groups is 1.